The molecule has 1 aromatic carbocycles. The molecule has 4 heteroatoms. The molecule has 0 saturated carbocycles. The lowest BCUT2D eigenvalue weighted by Crippen LogP contribution is -2.32. The van der Waals surface area contributed by atoms with Gasteiger partial charge in [-0.15, -0.1) is 0 Å². The van der Waals surface area contributed by atoms with E-state index >= 15 is 0 Å². The molecule has 1 N–H and O–H groups in total. The number of carbonyl (C=O) groups is 1. The summed E-state index contributed by atoms with van der Waals surface area (Å²) in [6, 6.07) is 7.68. The zero-order valence-electron chi connectivity index (χ0n) is 12.2. The zero-order chi connectivity index (χ0) is 14.5. The number of oxime groups is 1. The fourth-order valence-electron chi connectivity index (χ4n) is 2.53. The Bertz CT molecular complexity index is 511. The summed E-state index contributed by atoms with van der Waals surface area (Å²) >= 11 is 0. The molecule has 1 aliphatic heterocycles. The minimum absolute atomic E-state index is 0.158. The predicted octanol–water partition coefficient (Wildman–Crippen LogP) is 3.43. The molecule has 1 heterocycles. The molecule has 0 bridgehead atoms. The van der Waals surface area contributed by atoms with Gasteiger partial charge in [-0.1, -0.05) is 43.6 Å². The van der Waals surface area contributed by atoms with Gasteiger partial charge in [-0.3, -0.25) is 4.79 Å². The summed E-state index contributed by atoms with van der Waals surface area (Å²) in [7, 11) is 0. The van der Waals surface area contributed by atoms with Crippen LogP contribution >= 0.6 is 0 Å². The van der Waals surface area contributed by atoms with Crippen LogP contribution in [0.3, 0.4) is 0 Å². The maximum absolute atomic E-state index is 12.5. The van der Waals surface area contributed by atoms with Crippen molar-refractivity contribution in [2.45, 2.75) is 39.5 Å². The molecular formula is C16H22N2O2. The number of fused-ring (bicyclic) bond motifs is 1. The summed E-state index contributed by atoms with van der Waals surface area (Å²) in [5.41, 5.74) is 2.40. The van der Waals surface area contributed by atoms with Crippen molar-refractivity contribution in [1.29, 1.82) is 0 Å². The fourth-order valence-corrected chi connectivity index (χ4v) is 2.53. The third-order valence-corrected chi connectivity index (χ3v) is 3.94. The second-order valence-electron chi connectivity index (χ2n) is 5.43. The number of carbonyl (C=O) groups excluding carboxylic acids is 1. The average molecular weight is 274 g/mol. The lowest BCUT2D eigenvalue weighted by Gasteiger charge is -2.24. The van der Waals surface area contributed by atoms with E-state index in [0.717, 1.165) is 24.1 Å². The van der Waals surface area contributed by atoms with Crippen LogP contribution in [0.5, 0.6) is 0 Å². The van der Waals surface area contributed by atoms with Crippen molar-refractivity contribution in [1.82, 2.24) is 0 Å². The standard InChI is InChI=1S/C16H22N2O2/c1-3-12(2)11-16(19)18-10-6-8-14(17-20)13-7-4-5-9-15(13)18/h4-5,7,9,12,20H,3,6,8,10-11H2,1-2H3/b17-14-. The number of benzene rings is 1. The van der Waals surface area contributed by atoms with Gasteiger partial charge < -0.3 is 10.1 Å². The van der Waals surface area contributed by atoms with E-state index in [4.69, 9.17) is 5.21 Å². The molecule has 1 atom stereocenters. The molecule has 1 amide bonds. The van der Waals surface area contributed by atoms with Crippen LogP contribution in [0.15, 0.2) is 29.4 Å². The summed E-state index contributed by atoms with van der Waals surface area (Å²) in [5.74, 6) is 0.551. The summed E-state index contributed by atoms with van der Waals surface area (Å²) in [6.07, 6.45) is 3.09. The Hall–Kier alpha value is -1.84. The number of rotatable bonds is 3. The normalized spacial score (nSPS) is 18.5. The van der Waals surface area contributed by atoms with Gasteiger partial charge in [-0.2, -0.15) is 0 Å². The molecular weight excluding hydrogens is 252 g/mol. The highest BCUT2D eigenvalue weighted by atomic mass is 16.4. The summed E-state index contributed by atoms with van der Waals surface area (Å²) in [5, 5.41) is 12.6. The highest BCUT2D eigenvalue weighted by Crippen LogP contribution is 2.28. The van der Waals surface area contributed by atoms with Gasteiger partial charge in [0.2, 0.25) is 5.91 Å². The number of amides is 1. The van der Waals surface area contributed by atoms with Crippen LogP contribution in [0.1, 0.15) is 45.1 Å². The number of hydrogen-bond donors (Lipinski definition) is 1. The smallest absolute Gasteiger partial charge is 0.227 e. The summed E-state index contributed by atoms with van der Waals surface area (Å²) in [4.78, 5) is 14.3. The molecule has 4 nitrogen and oxygen atoms in total. The predicted molar refractivity (Wildman–Crippen MR) is 80.4 cm³/mol. The average Bonchev–Trinajstić information content (AvgIpc) is 2.66. The van der Waals surface area contributed by atoms with Gasteiger partial charge in [0, 0.05) is 18.5 Å². The van der Waals surface area contributed by atoms with Gasteiger partial charge in [0.15, 0.2) is 0 Å². The first-order chi connectivity index (χ1) is 9.67. The Morgan fingerprint density at radius 1 is 1.45 bits per heavy atom. The van der Waals surface area contributed by atoms with E-state index in [2.05, 4.69) is 19.0 Å². The molecule has 1 aliphatic rings. The molecule has 1 aromatic rings. The maximum Gasteiger partial charge on any atom is 0.227 e. The van der Waals surface area contributed by atoms with E-state index in [-0.39, 0.29) is 5.91 Å². The third-order valence-electron chi connectivity index (χ3n) is 3.94. The Morgan fingerprint density at radius 3 is 2.90 bits per heavy atom. The molecule has 0 aromatic heterocycles. The van der Waals surface area contributed by atoms with E-state index in [9.17, 15) is 4.79 Å². The van der Waals surface area contributed by atoms with Gasteiger partial charge in [0.25, 0.3) is 0 Å². The van der Waals surface area contributed by atoms with Gasteiger partial charge in [-0.05, 0) is 24.8 Å². The van der Waals surface area contributed by atoms with Gasteiger partial charge in [0.05, 0.1) is 11.4 Å². The molecule has 0 aliphatic carbocycles. The van der Waals surface area contributed by atoms with E-state index < -0.39 is 0 Å². The molecule has 0 saturated heterocycles. The molecule has 0 radical (unpaired) electrons. The first-order valence-corrected chi connectivity index (χ1v) is 7.28. The third kappa shape index (κ3) is 3.00. The first kappa shape index (κ1) is 14.6. The Labute approximate surface area is 120 Å². The van der Waals surface area contributed by atoms with Crippen LogP contribution in [0, 0.1) is 5.92 Å². The highest BCUT2D eigenvalue weighted by Gasteiger charge is 2.24. The van der Waals surface area contributed by atoms with Gasteiger partial charge in [-0.25, -0.2) is 0 Å². The molecule has 0 fully saturated rings. The van der Waals surface area contributed by atoms with Crippen LogP contribution < -0.4 is 4.90 Å². The fraction of sp³-hybridized carbons (Fsp3) is 0.500. The van der Waals surface area contributed by atoms with E-state index in [1.54, 1.807) is 0 Å². The second kappa shape index (κ2) is 6.55. The lowest BCUT2D eigenvalue weighted by molar-refractivity contribution is -0.119. The van der Waals surface area contributed by atoms with Crippen molar-refractivity contribution in [2.75, 3.05) is 11.4 Å². The van der Waals surface area contributed by atoms with Crippen molar-refractivity contribution in [2.24, 2.45) is 11.1 Å². The second-order valence-corrected chi connectivity index (χ2v) is 5.43. The van der Waals surface area contributed by atoms with E-state index in [0.29, 0.717) is 31.0 Å². The molecule has 0 spiro atoms. The number of anilines is 1. The monoisotopic (exact) mass is 274 g/mol. The van der Waals surface area contributed by atoms with Crippen LogP contribution in [-0.4, -0.2) is 23.4 Å². The first-order valence-electron chi connectivity index (χ1n) is 7.28. The van der Waals surface area contributed by atoms with Crippen molar-refractivity contribution in [3.05, 3.63) is 29.8 Å². The number of para-hydroxylation sites is 1. The molecule has 108 valence electrons. The summed E-state index contributed by atoms with van der Waals surface area (Å²) in [6.45, 7) is 4.89. The Morgan fingerprint density at radius 2 is 2.20 bits per heavy atom. The van der Waals surface area contributed by atoms with Crippen molar-refractivity contribution < 1.29 is 10.0 Å². The largest absolute Gasteiger partial charge is 0.411 e. The highest BCUT2D eigenvalue weighted by molar-refractivity contribution is 6.09. The SMILES string of the molecule is CCC(C)CC(=O)N1CCC/C(=N/O)c2ccccc21. The minimum atomic E-state index is 0.158. The number of hydrogen-bond acceptors (Lipinski definition) is 3. The minimum Gasteiger partial charge on any atom is -0.411 e. The van der Waals surface area contributed by atoms with Gasteiger partial charge >= 0.3 is 0 Å². The van der Waals surface area contributed by atoms with Crippen molar-refractivity contribution in [3.63, 3.8) is 0 Å². The number of nitrogens with zero attached hydrogens (tertiary/aromatic N) is 2. The van der Waals surface area contributed by atoms with Crippen molar-refractivity contribution in [3.8, 4) is 0 Å². The van der Waals surface area contributed by atoms with Crippen LogP contribution in [0.25, 0.3) is 0 Å². The van der Waals surface area contributed by atoms with Gasteiger partial charge in [0.1, 0.15) is 0 Å². The van der Waals surface area contributed by atoms with Crippen LogP contribution in [0.2, 0.25) is 0 Å². The molecule has 20 heavy (non-hydrogen) atoms. The molecule has 1 unspecified atom stereocenters. The van der Waals surface area contributed by atoms with Crippen LogP contribution in [0.4, 0.5) is 5.69 Å². The van der Waals surface area contributed by atoms with Crippen LogP contribution in [-0.2, 0) is 4.79 Å². The lowest BCUT2D eigenvalue weighted by atomic mass is 10.0. The zero-order valence-corrected chi connectivity index (χ0v) is 12.2. The van der Waals surface area contributed by atoms with E-state index in [1.165, 1.54) is 0 Å². The molecule has 2 rings (SSSR count). The summed E-state index contributed by atoms with van der Waals surface area (Å²) < 4.78 is 0. The van der Waals surface area contributed by atoms with E-state index in [1.807, 2.05) is 29.2 Å². The Kier molecular flexibility index (Phi) is 4.77. The topological polar surface area (TPSA) is 52.9 Å². The quantitative estimate of drug-likeness (QED) is 0.678. The maximum atomic E-state index is 12.5. The van der Waals surface area contributed by atoms with Crippen molar-refractivity contribution >= 4 is 17.3 Å². The Balaban J connectivity index is 2.32.